The van der Waals surface area contributed by atoms with Crippen LogP contribution >= 0.6 is 0 Å². The van der Waals surface area contributed by atoms with Crippen LogP contribution in [0.25, 0.3) is 0 Å². The molecule has 0 saturated carbocycles. The zero-order valence-electron chi connectivity index (χ0n) is 14.9. The summed E-state index contributed by atoms with van der Waals surface area (Å²) in [5.41, 5.74) is 0.638. The quantitative estimate of drug-likeness (QED) is 0.839. The fourth-order valence-electron chi connectivity index (χ4n) is 2.92. The van der Waals surface area contributed by atoms with Crippen molar-refractivity contribution >= 4 is 11.7 Å². The molecule has 0 atom stereocenters. The Morgan fingerprint density at radius 3 is 2.68 bits per heavy atom. The van der Waals surface area contributed by atoms with Crippen molar-refractivity contribution in [3.63, 3.8) is 0 Å². The monoisotopic (exact) mass is 344 g/mol. The average molecular weight is 344 g/mol. The molecule has 0 bridgehead atoms. The van der Waals surface area contributed by atoms with Crippen LogP contribution in [-0.2, 0) is 0 Å². The van der Waals surface area contributed by atoms with E-state index in [2.05, 4.69) is 20.0 Å². The van der Waals surface area contributed by atoms with Crippen LogP contribution in [0, 0.1) is 0 Å². The molecule has 2 aromatic rings. The molecule has 1 aliphatic rings. The van der Waals surface area contributed by atoms with Gasteiger partial charge in [-0.15, -0.1) is 0 Å². The van der Waals surface area contributed by atoms with Gasteiger partial charge in [0, 0.05) is 50.8 Å². The summed E-state index contributed by atoms with van der Waals surface area (Å²) < 4.78 is 7.11. The molecule has 0 radical (unpaired) electrons. The van der Waals surface area contributed by atoms with E-state index in [4.69, 9.17) is 4.74 Å². The van der Waals surface area contributed by atoms with E-state index in [1.54, 1.807) is 25.7 Å². The molecule has 3 heterocycles. The highest BCUT2D eigenvalue weighted by Gasteiger charge is 2.23. The summed E-state index contributed by atoms with van der Waals surface area (Å²) in [6, 6.07) is 0.241. The van der Waals surface area contributed by atoms with E-state index >= 15 is 0 Å². The van der Waals surface area contributed by atoms with E-state index in [0.717, 1.165) is 18.8 Å². The lowest BCUT2D eigenvalue weighted by molar-refractivity contribution is 0.0767. The van der Waals surface area contributed by atoms with Crippen molar-refractivity contribution in [1.29, 1.82) is 0 Å². The topological polar surface area (TPSA) is 76.4 Å². The highest BCUT2D eigenvalue weighted by molar-refractivity contribution is 5.93. The molecule has 0 spiro atoms. The zero-order valence-corrected chi connectivity index (χ0v) is 14.9. The van der Waals surface area contributed by atoms with Crippen LogP contribution in [-0.4, -0.2) is 63.8 Å². The number of nitrogens with zero attached hydrogens (tertiary/aromatic N) is 6. The first-order chi connectivity index (χ1) is 12.1. The van der Waals surface area contributed by atoms with Crippen molar-refractivity contribution in [2.45, 2.75) is 26.3 Å². The number of carbonyl (C=O) groups excluding carboxylic acids is 1. The molecule has 0 aromatic carbocycles. The SMILES string of the molecule is COc1nccnc1N1CCCN(C(=O)c2cnn(C(C)C)c2)CC1. The van der Waals surface area contributed by atoms with Gasteiger partial charge in [-0.05, 0) is 20.3 Å². The predicted molar refractivity (Wildman–Crippen MR) is 93.9 cm³/mol. The van der Waals surface area contributed by atoms with Crippen LogP contribution in [0.5, 0.6) is 5.88 Å². The molecule has 1 aliphatic heterocycles. The lowest BCUT2D eigenvalue weighted by Gasteiger charge is -2.23. The van der Waals surface area contributed by atoms with Crippen LogP contribution in [0.4, 0.5) is 5.82 Å². The second kappa shape index (κ2) is 7.50. The van der Waals surface area contributed by atoms with Crippen molar-refractivity contribution < 1.29 is 9.53 Å². The number of amides is 1. The summed E-state index contributed by atoms with van der Waals surface area (Å²) in [4.78, 5) is 25.4. The lowest BCUT2D eigenvalue weighted by Crippen LogP contribution is -2.35. The molecule has 134 valence electrons. The zero-order chi connectivity index (χ0) is 17.8. The van der Waals surface area contributed by atoms with Gasteiger partial charge in [-0.1, -0.05) is 0 Å². The van der Waals surface area contributed by atoms with Gasteiger partial charge in [0.05, 0.1) is 18.9 Å². The van der Waals surface area contributed by atoms with Crippen LogP contribution in [0.2, 0.25) is 0 Å². The average Bonchev–Trinajstić information content (AvgIpc) is 3.00. The van der Waals surface area contributed by atoms with Crippen LogP contribution in [0.3, 0.4) is 0 Å². The van der Waals surface area contributed by atoms with E-state index in [-0.39, 0.29) is 11.9 Å². The second-order valence-corrected chi connectivity index (χ2v) is 6.32. The highest BCUT2D eigenvalue weighted by Crippen LogP contribution is 2.23. The fraction of sp³-hybridized carbons (Fsp3) is 0.529. The maximum atomic E-state index is 12.8. The number of hydrogen-bond donors (Lipinski definition) is 0. The largest absolute Gasteiger partial charge is 0.478 e. The van der Waals surface area contributed by atoms with Gasteiger partial charge in [0.25, 0.3) is 11.8 Å². The molecule has 8 nitrogen and oxygen atoms in total. The minimum atomic E-state index is 0.0276. The Bertz CT molecular complexity index is 729. The van der Waals surface area contributed by atoms with Gasteiger partial charge in [-0.25, -0.2) is 9.97 Å². The van der Waals surface area contributed by atoms with Gasteiger partial charge < -0.3 is 14.5 Å². The Morgan fingerprint density at radius 1 is 1.16 bits per heavy atom. The van der Waals surface area contributed by atoms with Crippen LogP contribution in [0.15, 0.2) is 24.8 Å². The molecule has 2 aromatic heterocycles. The summed E-state index contributed by atoms with van der Waals surface area (Å²) in [7, 11) is 1.59. The molecule has 0 unspecified atom stereocenters. The predicted octanol–water partition coefficient (Wildman–Crippen LogP) is 1.62. The molecule has 1 amide bonds. The van der Waals surface area contributed by atoms with Crippen molar-refractivity contribution in [3.05, 3.63) is 30.4 Å². The fourth-order valence-corrected chi connectivity index (χ4v) is 2.92. The maximum absolute atomic E-state index is 12.8. The molecular weight excluding hydrogens is 320 g/mol. The van der Waals surface area contributed by atoms with Crippen molar-refractivity contribution in [3.8, 4) is 5.88 Å². The molecular formula is C17H24N6O2. The van der Waals surface area contributed by atoms with Crippen LogP contribution < -0.4 is 9.64 Å². The summed E-state index contributed by atoms with van der Waals surface area (Å²) >= 11 is 0. The first-order valence-electron chi connectivity index (χ1n) is 8.53. The summed E-state index contributed by atoms with van der Waals surface area (Å²) in [6.45, 7) is 6.93. The van der Waals surface area contributed by atoms with Crippen molar-refractivity contribution in [1.82, 2.24) is 24.6 Å². The Labute approximate surface area is 147 Å². The first kappa shape index (κ1) is 17.2. The van der Waals surface area contributed by atoms with E-state index in [9.17, 15) is 4.79 Å². The molecule has 3 rings (SSSR count). The number of ether oxygens (including phenoxy) is 1. The molecule has 8 heteroatoms. The highest BCUT2D eigenvalue weighted by atomic mass is 16.5. The maximum Gasteiger partial charge on any atom is 0.257 e. The van der Waals surface area contributed by atoms with E-state index in [1.807, 2.05) is 29.6 Å². The minimum Gasteiger partial charge on any atom is -0.478 e. The van der Waals surface area contributed by atoms with E-state index < -0.39 is 0 Å². The molecule has 25 heavy (non-hydrogen) atoms. The summed E-state index contributed by atoms with van der Waals surface area (Å²) in [5.74, 6) is 1.27. The van der Waals surface area contributed by atoms with Crippen LogP contribution in [0.1, 0.15) is 36.7 Å². The van der Waals surface area contributed by atoms with E-state index in [1.165, 1.54) is 0 Å². The smallest absolute Gasteiger partial charge is 0.257 e. The third-order valence-corrected chi connectivity index (χ3v) is 4.30. The van der Waals surface area contributed by atoms with Gasteiger partial charge in [-0.2, -0.15) is 5.10 Å². The minimum absolute atomic E-state index is 0.0276. The molecule has 0 N–H and O–H groups in total. The van der Waals surface area contributed by atoms with Gasteiger partial charge in [0.15, 0.2) is 5.82 Å². The normalized spacial score (nSPS) is 15.4. The summed E-state index contributed by atoms with van der Waals surface area (Å²) in [6.07, 6.45) is 7.61. The number of carbonyl (C=O) groups is 1. The number of methoxy groups -OCH3 is 1. The summed E-state index contributed by atoms with van der Waals surface area (Å²) in [5, 5.41) is 4.26. The first-order valence-corrected chi connectivity index (χ1v) is 8.53. The third kappa shape index (κ3) is 3.72. The molecule has 0 aliphatic carbocycles. The Hall–Kier alpha value is -2.64. The molecule has 1 fully saturated rings. The number of anilines is 1. The Kier molecular flexibility index (Phi) is 5.16. The van der Waals surface area contributed by atoms with Gasteiger partial charge in [-0.3, -0.25) is 9.48 Å². The van der Waals surface area contributed by atoms with Gasteiger partial charge in [0.2, 0.25) is 0 Å². The number of aromatic nitrogens is 4. The van der Waals surface area contributed by atoms with E-state index in [0.29, 0.717) is 31.1 Å². The number of rotatable bonds is 4. The lowest BCUT2D eigenvalue weighted by atomic mass is 10.3. The Balaban J connectivity index is 1.69. The molecule has 1 saturated heterocycles. The Morgan fingerprint density at radius 2 is 1.96 bits per heavy atom. The third-order valence-electron chi connectivity index (χ3n) is 4.30. The van der Waals surface area contributed by atoms with Crippen molar-refractivity contribution in [2.75, 3.05) is 38.2 Å². The van der Waals surface area contributed by atoms with Gasteiger partial charge >= 0.3 is 0 Å². The van der Waals surface area contributed by atoms with Gasteiger partial charge in [0.1, 0.15) is 0 Å². The second-order valence-electron chi connectivity index (χ2n) is 6.32. The number of hydrogen-bond acceptors (Lipinski definition) is 6. The van der Waals surface area contributed by atoms with Crippen molar-refractivity contribution in [2.24, 2.45) is 0 Å². The standard InChI is InChI=1S/C17H24N6O2/c1-13(2)23-12-14(11-20-23)17(24)22-8-4-7-21(9-10-22)15-16(25-3)19-6-5-18-15/h5-6,11-13H,4,7-10H2,1-3H3.